The van der Waals surface area contributed by atoms with E-state index in [0.29, 0.717) is 5.69 Å². The van der Waals surface area contributed by atoms with Gasteiger partial charge in [0.1, 0.15) is 4.90 Å². The molecule has 5 nitrogen and oxygen atoms in total. The van der Waals surface area contributed by atoms with Crippen molar-refractivity contribution < 1.29 is 13.2 Å². The first-order chi connectivity index (χ1) is 12.1. The van der Waals surface area contributed by atoms with Crippen molar-refractivity contribution in [1.82, 2.24) is 5.32 Å². The summed E-state index contributed by atoms with van der Waals surface area (Å²) in [5.74, 6) is -0.0766. The summed E-state index contributed by atoms with van der Waals surface area (Å²) in [7, 11) is -3.92. The molecule has 0 radical (unpaired) electrons. The molecule has 0 saturated carbocycles. The maximum Gasteiger partial charge on any atom is 0.263 e. The number of anilines is 1. The van der Waals surface area contributed by atoms with Gasteiger partial charge in [0.15, 0.2) is 0 Å². The molecule has 0 bridgehead atoms. The number of aryl methyl sites for hydroxylation is 1. The van der Waals surface area contributed by atoms with Crippen LogP contribution in [0.25, 0.3) is 0 Å². The predicted molar refractivity (Wildman–Crippen MR) is 105 cm³/mol. The fourth-order valence-corrected chi connectivity index (χ4v) is 3.72. The fraction of sp³-hybridized carbons (Fsp3) is 0.316. The third-order valence-corrected chi connectivity index (χ3v) is 6.01. The minimum absolute atomic E-state index is 0.0380. The van der Waals surface area contributed by atoms with Crippen LogP contribution in [0.2, 0.25) is 5.02 Å². The number of amides is 1. The van der Waals surface area contributed by atoms with E-state index in [1.165, 1.54) is 18.2 Å². The summed E-state index contributed by atoms with van der Waals surface area (Å²) in [6, 6.07) is 11.1. The van der Waals surface area contributed by atoms with E-state index in [2.05, 4.69) is 10.0 Å². The van der Waals surface area contributed by atoms with Crippen LogP contribution in [0.15, 0.2) is 47.4 Å². The van der Waals surface area contributed by atoms with E-state index in [-0.39, 0.29) is 33.3 Å². The number of carbonyl (C=O) groups excluding carboxylic acids is 1. The zero-order valence-electron chi connectivity index (χ0n) is 15.2. The zero-order chi connectivity index (χ0) is 19.5. The Morgan fingerprint density at radius 2 is 1.65 bits per heavy atom. The van der Waals surface area contributed by atoms with Crippen molar-refractivity contribution in [2.24, 2.45) is 5.92 Å². The number of hydrogen-bond acceptors (Lipinski definition) is 3. The summed E-state index contributed by atoms with van der Waals surface area (Å²) in [5, 5.41) is 2.91. The van der Waals surface area contributed by atoms with E-state index in [4.69, 9.17) is 11.6 Å². The molecule has 2 rings (SSSR count). The van der Waals surface area contributed by atoms with E-state index in [9.17, 15) is 13.2 Å². The van der Waals surface area contributed by atoms with Crippen molar-refractivity contribution in [3.05, 3.63) is 58.6 Å². The lowest BCUT2D eigenvalue weighted by Crippen LogP contribution is -2.36. The summed E-state index contributed by atoms with van der Waals surface area (Å²) in [6.07, 6.45) is 0. The van der Waals surface area contributed by atoms with Crippen molar-refractivity contribution in [2.45, 2.75) is 38.6 Å². The van der Waals surface area contributed by atoms with Crippen LogP contribution in [0, 0.1) is 12.8 Å². The van der Waals surface area contributed by atoms with Gasteiger partial charge in [-0.25, -0.2) is 8.42 Å². The second-order valence-corrected chi connectivity index (χ2v) is 8.68. The molecule has 140 valence electrons. The monoisotopic (exact) mass is 394 g/mol. The van der Waals surface area contributed by atoms with Gasteiger partial charge in [-0.3, -0.25) is 9.52 Å². The first kappa shape index (κ1) is 20.3. The van der Waals surface area contributed by atoms with Crippen LogP contribution >= 0.6 is 11.6 Å². The highest BCUT2D eigenvalue weighted by Gasteiger charge is 2.21. The number of benzene rings is 2. The van der Waals surface area contributed by atoms with Crippen molar-refractivity contribution in [3.63, 3.8) is 0 Å². The molecule has 2 N–H and O–H groups in total. The molecule has 0 spiro atoms. The van der Waals surface area contributed by atoms with Gasteiger partial charge in [-0.2, -0.15) is 0 Å². The number of hydrogen-bond donors (Lipinski definition) is 2. The van der Waals surface area contributed by atoms with E-state index in [1.807, 2.05) is 27.7 Å². The molecule has 0 heterocycles. The summed E-state index contributed by atoms with van der Waals surface area (Å²) in [6.45, 7) is 7.80. The molecule has 1 atom stereocenters. The molecule has 0 fully saturated rings. The molecule has 0 saturated heterocycles. The van der Waals surface area contributed by atoms with Crippen molar-refractivity contribution in [1.29, 1.82) is 0 Å². The topological polar surface area (TPSA) is 75.3 Å². The van der Waals surface area contributed by atoms with Crippen molar-refractivity contribution in [3.8, 4) is 0 Å². The standard InChI is InChI=1S/C19H23ClN2O3S/c1-12(2)14(4)21-19(23)15-7-10-17(20)18(11-15)26(24,25)22-16-8-5-13(3)6-9-16/h5-12,14,22H,1-4H3,(H,21,23)/t14-/m0/s1. The predicted octanol–water partition coefficient (Wildman–Crippen LogP) is 4.22. The molecule has 0 aliphatic carbocycles. The van der Waals surface area contributed by atoms with Crippen LogP contribution in [0.4, 0.5) is 5.69 Å². The molecule has 7 heteroatoms. The summed E-state index contributed by atoms with van der Waals surface area (Å²) in [5.41, 5.74) is 1.69. The van der Waals surface area contributed by atoms with Gasteiger partial charge in [0.25, 0.3) is 15.9 Å². The maximum absolute atomic E-state index is 12.7. The van der Waals surface area contributed by atoms with E-state index in [0.717, 1.165) is 5.56 Å². The zero-order valence-corrected chi connectivity index (χ0v) is 16.8. The summed E-state index contributed by atoms with van der Waals surface area (Å²) in [4.78, 5) is 12.2. The number of sulfonamides is 1. The first-order valence-electron chi connectivity index (χ1n) is 8.30. The van der Waals surface area contributed by atoms with Gasteiger partial charge >= 0.3 is 0 Å². The minimum atomic E-state index is -3.92. The molecular formula is C19H23ClN2O3S. The van der Waals surface area contributed by atoms with Crippen LogP contribution < -0.4 is 10.0 Å². The Morgan fingerprint density at radius 3 is 2.23 bits per heavy atom. The average Bonchev–Trinajstić information content (AvgIpc) is 2.56. The van der Waals surface area contributed by atoms with Gasteiger partial charge in [0.2, 0.25) is 0 Å². The van der Waals surface area contributed by atoms with Crippen LogP contribution in [-0.2, 0) is 10.0 Å². The smallest absolute Gasteiger partial charge is 0.263 e. The fourth-order valence-electron chi connectivity index (χ4n) is 2.14. The molecule has 0 aliphatic heterocycles. The highest BCUT2D eigenvalue weighted by atomic mass is 35.5. The second-order valence-electron chi connectivity index (χ2n) is 6.62. The lowest BCUT2D eigenvalue weighted by Gasteiger charge is -2.18. The molecule has 0 aromatic heterocycles. The second kappa shape index (κ2) is 8.10. The van der Waals surface area contributed by atoms with Crippen molar-refractivity contribution in [2.75, 3.05) is 4.72 Å². The molecule has 2 aromatic carbocycles. The third kappa shape index (κ3) is 4.99. The number of carbonyl (C=O) groups is 1. The van der Waals surface area contributed by atoms with Gasteiger partial charge in [-0.15, -0.1) is 0 Å². The van der Waals surface area contributed by atoms with Crippen molar-refractivity contribution >= 4 is 33.2 Å². The quantitative estimate of drug-likeness (QED) is 0.770. The molecule has 0 unspecified atom stereocenters. The van der Waals surface area contributed by atoms with E-state index < -0.39 is 10.0 Å². The van der Waals surface area contributed by atoms with Gasteiger partial charge < -0.3 is 5.32 Å². The minimum Gasteiger partial charge on any atom is -0.349 e. The summed E-state index contributed by atoms with van der Waals surface area (Å²) < 4.78 is 27.9. The third-order valence-electron chi connectivity index (χ3n) is 4.15. The van der Waals surface area contributed by atoms with Gasteiger partial charge in [-0.1, -0.05) is 43.1 Å². The molecule has 26 heavy (non-hydrogen) atoms. The first-order valence-corrected chi connectivity index (χ1v) is 10.2. The highest BCUT2D eigenvalue weighted by Crippen LogP contribution is 2.25. The Morgan fingerprint density at radius 1 is 1.04 bits per heavy atom. The SMILES string of the molecule is Cc1ccc(NS(=O)(=O)c2cc(C(=O)N[C@@H](C)C(C)C)ccc2Cl)cc1. The largest absolute Gasteiger partial charge is 0.349 e. The Hall–Kier alpha value is -2.05. The van der Waals surface area contributed by atoms with Crippen LogP contribution in [0.1, 0.15) is 36.7 Å². The maximum atomic E-state index is 12.7. The van der Waals surface area contributed by atoms with Crippen LogP contribution in [0.5, 0.6) is 0 Å². The van der Waals surface area contributed by atoms with Gasteiger partial charge in [0, 0.05) is 17.3 Å². The number of halogens is 1. The Kier molecular flexibility index (Phi) is 6.31. The average molecular weight is 395 g/mol. The molecule has 2 aromatic rings. The molecular weight excluding hydrogens is 372 g/mol. The number of nitrogens with one attached hydrogen (secondary N) is 2. The van der Waals surface area contributed by atoms with Gasteiger partial charge in [0.05, 0.1) is 5.02 Å². The molecule has 1 amide bonds. The van der Waals surface area contributed by atoms with E-state index in [1.54, 1.807) is 24.3 Å². The lowest BCUT2D eigenvalue weighted by atomic mass is 10.1. The van der Waals surface area contributed by atoms with Crippen LogP contribution in [-0.4, -0.2) is 20.4 Å². The Bertz CT molecular complexity index is 894. The van der Waals surface area contributed by atoms with Crippen LogP contribution in [0.3, 0.4) is 0 Å². The Labute approximate surface area is 159 Å². The van der Waals surface area contributed by atoms with Gasteiger partial charge in [-0.05, 0) is 50.1 Å². The Balaban J connectivity index is 2.30. The number of rotatable bonds is 6. The van der Waals surface area contributed by atoms with E-state index >= 15 is 0 Å². The highest BCUT2D eigenvalue weighted by molar-refractivity contribution is 7.92. The molecule has 0 aliphatic rings. The summed E-state index contributed by atoms with van der Waals surface area (Å²) >= 11 is 6.08. The lowest BCUT2D eigenvalue weighted by molar-refractivity contribution is 0.0930. The normalized spacial score (nSPS) is 12.7.